The molecule has 1 N–H and O–H groups in total. The molecule has 0 radical (unpaired) electrons. The van der Waals surface area contributed by atoms with Gasteiger partial charge in [-0.15, -0.1) is 0 Å². The largest absolute Gasteiger partial charge is 0.478 e. The predicted molar refractivity (Wildman–Crippen MR) is 68.2 cm³/mol. The summed E-state index contributed by atoms with van der Waals surface area (Å²) in [7, 11) is 0. The molecule has 0 atom stereocenters. The zero-order valence-electron chi connectivity index (χ0n) is 8.19. The summed E-state index contributed by atoms with van der Waals surface area (Å²) in [5, 5.41) is 12.9. The molecule has 0 bridgehead atoms. The number of hydrogen-bond acceptors (Lipinski definition) is 2. The third kappa shape index (κ3) is 2.14. The monoisotopic (exact) mass is 366 g/mol. The van der Waals surface area contributed by atoms with Crippen LogP contribution in [0.5, 0.6) is 0 Å². The van der Waals surface area contributed by atoms with Gasteiger partial charge in [0.2, 0.25) is 0 Å². The first kappa shape index (κ1) is 12.3. The Balaban J connectivity index is 2.66. The first-order chi connectivity index (χ1) is 8.02. The van der Waals surface area contributed by atoms with Crippen molar-refractivity contribution in [2.45, 2.75) is 0 Å². The Morgan fingerprint density at radius 3 is 2.76 bits per heavy atom. The molecule has 88 valence electrons. The highest BCUT2D eigenvalue weighted by Crippen LogP contribution is 2.26. The second-order valence-electron chi connectivity index (χ2n) is 3.14. The molecule has 0 unspecified atom stereocenters. The van der Waals surface area contributed by atoms with Gasteiger partial charge >= 0.3 is 5.97 Å². The van der Waals surface area contributed by atoms with Crippen LogP contribution in [-0.2, 0) is 0 Å². The molecule has 0 saturated heterocycles. The van der Waals surface area contributed by atoms with Gasteiger partial charge in [0, 0.05) is 0 Å². The Kier molecular flexibility index (Phi) is 3.34. The maximum atomic E-state index is 13.6. The van der Waals surface area contributed by atoms with Gasteiger partial charge in [0.15, 0.2) is 0 Å². The lowest BCUT2D eigenvalue weighted by atomic mass is 10.3. The maximum Gasteiger partial charge on any atom is 0.340 e. The molecule has 0 spiro atoms. The standard InChI is InChI=1S/C10H5ClFIN2O2/c11-6-2-1-3-7(12)8(6)15-9(13)5(4-14-15)10(16)17/h1-4H,(H,16,17). The van der Waals surface area contributed by atoms with Crippen molar-refractivity contribution in [2.75, 3.05) is 0 Å². The van der Waals surface area contributed by atoms with Crippen molar-refractivity contribution in [1.82, 2.24) is 9.78 Å². The molecule has 1 heterocycles. The number of halogens is 3. The van der Waals surface area contributed by atoms with Crippen LogP contribution in [0.4, 0.5) is 4.39 Å². The molecule has 0 fully saturated rings. The third-order valence-corrected chi connectivity index (χ3v) is 3.43. The van der Waals surface area contributed by atoms with Crippen LogP contribution in [0.25, 0.3) is 5.69 Å². The molecule has 17 heavy (non-hydrogen) atoms. The summed E-state index contributed by atoms with van der Waals surface area (Å²) in [6.45, 7) is 0. The first-order valence-corrected chi connectivity index (χ1v) is 5.89. The predicted octanol–water partition coefficient (Wildman–Crippen LogP) is 2.97. The van der Waals surface area contributed by atoms with E-state index in [0.717, 1.165) is 6.20 Å². The minimum atomic E-state index is -1.12. The van der Waals surface area contributed by atoms with Gasteiger partial charge in [-0.1, -0.05) is 17.7 Å². The number of hydrogen-bond donors (Lipinski definition) is 1. The van der Waals surface area contributed by atoms with E-state index in [1.165, 1.54) is 22.9 Å². The van der Waals surface area contributed by atoms with E-state index >= 15 is 0 Å². The van der Waals surface area contributed by atoms with E-state index in [0.29, 0.717) is 3.70 Å². The lowest BCUT2D eigenvalue weighted by molar-refractivity contribution is 0.0695. The average Bonchev–Trinajstić information content (AvgIpc) is 2.61. The Morgan fingerprint density at radius 1 is 1.53 bits per heavy atom. The Labute approximate surface area is 114 Å². The van der Waals surface area contributed by atoms with E-state index < -0.39 is 11.8 Å². The highest BCUT2D eigenvalue weighted by Gasteiger charge is 2.19. The summed E-state index contributed by atoms with van der Waals surface area (Å²) in [6.07, 6.45) is 1.16. The Hall–Kier alpha value is -1.15. The summed E-state index contributed by atoms with van der Waals surface area (Å²) in [4.78, 5) is 10.9. The van der Waals surface area contributed by atoms with Crippen LogP contribution in [0.2, 0.25) is 5.02 Å². The molecule has 0 amide bonds. The van der Waals surface area contributed by atoms with E-state index in [-0.39, 0.29) is 16.3 Å². The summed E-state index contributed by atoms with van der Waals surface area (Å²) in [5.74, 6) is -1.68. The van der Waals surface area contributed by atoms with Crippen LogP contribution in [0.1, 0.15) is 10.4 Å². The van der Waals surface area contributed by atoms with E-state index in [1.807, 2.05) is 0 Å². The molecule has 0 aliphatic heterocycles. The quantitative estimate of drug-likeness (QED) is 0.832. The number of aromatic carboxylic acids is 1. The lowest BCUT2D eigenvalue weighted by Crippen LogP contribution is -2.05. The van der Waals surface area contributed by atoms with Gasteiger partial charge in [-0.3, -0.25) is 0 Å². The van der Waals surface area contributed by atoms with Crippen LogP contribution in [0.3, 0.4) is 0 Å². The zero-order chi connectivity index (χ0) is 12.6. The van der Waals surface area contributed by atoms with Crippen molar-refractivity contribution >= 4 is 40.2 Å². The van der Waals surface area contributed by atoms with Crippen molar-refractivity contribution in [3.8, 4) is 5.69 Å². The normalized spacial score (nSPS) is 10.5. The zero-order valence-corrected chi connectivity index (χ0v) is 11.1. The van der Waals surface area contributed by atoms with Crippen molar-refractivity contribution in [3.05, 3.63) is 44.5 Å². The summed E-state index contributed by atoms with van der Waals surface area (Å²) < 4.78 is 15.1. The van der Waals surface area contributed by atoms with Crippen LogP contribution in [0.15, 0.2) is 24.4 Å². The average molecular weight is 367 g/mol. The highest BCUT2D eigenvalue weighted by molar-refractivity contribution is 14.1. The van der Waals surface area contributed by atoms with Crippen molar-refractivity contribution in [2.24, 2.45) is 0 Å². The molecule has 1 aromatic heterocycles. The molecular formula is C10H5ClFIN2O2. The number of nitrogens with zero attached hydrogens (tertiary/aromatic N) is 2. The molecule has 0 aliphatic rings. The van der Waals surface area contributed by atoms with E-state index in [9.17, 15) is 9.18 Å². The van der Waals surface area contributed by atoms with Crippen molar-refractivity contribution in [3.63, 3.8) is 0 Å². The van der Waals surface area contributed by atoms with E-state index in [2.05, 4.69) is 5.10 Å². The number of rotatable bonds is 2. The Morgan fingerprint density at radius 2 is 2.24 bits per heavy atom. The van der Waals surface area contributed by atoms with Crippen LogP contribution >= 0.6 is 34.2 Å². The number of benzene rings is 1. The first-order valence-electron chi connectivity index (χ1n) is 4.43. The third-order valence-electron chi connectivity index (χ3n) is 2.09. The summed E-state index contributed by atoms with van der Waals surface area (Å²) >= 11 is 7.66. The highest BCUT2D eigenvalue weighted by atomic mass is 127. The summed E-state index contributed by atoms with van der Waals surface area (Å²) in [5.41, 5.74) is 0.0518. The number of aromatic nitrogens is 2. The fraction of sp³-hybridized carbons (Fsp3) is 0. The second kappa shape index (κ2) is 4.61. The van der Waals surface area contributed by atoms with Gasteiger partial charge in [0.25, 0.3) is 0 Å². The van der Waals surface area contributed by atoms with Crippen LogP contribution < -0.4 is 0 Å². The minimum absolute atomic E-state index is 0.00456. The number of carbonyl (C=O) groups is 1. The van der Waals surface area contributed by atoms with Crippen molar-refractivity contribution < 1.29 is 14.3 Å². The summed E-state index contributed by atoms with van der Waals surface area (Å²) in [6, 6.07) is 4.22. The van der Waals surface area contributed by atoms with Gasteiger partial charge in [-0.05, 0) is 34.7 Å². The molecule has 1 aromatic carbocycles. The molecular weight excluding hydrogens is 361 g/mol. The molecule has 0 saturated carbocycles. The molecule has 2 aromatic rings. The fourth-order valence-corrected chi connectivity index (χ4v) is 2.30. The van der Waals surface area contributed by atoms with E-state index in [4.69, 9.17) is 16.7 Å². The smallest absolute Gasteiger partial charge is 0.340 e. The minimum Gasteiger partial charge on any atom is -0.478 e. The van der Waals surface area contributed by atoms with Crippen molar-refractivity contribution in [1.29, 1.82) is 0 Å². The molecule has 4 nitrogen and oxygen atoms in total. The van der Waals surface area contributed by atoms with E-state index in [1.54, 1.807) is 22.6 Å². The van der Waals surface area contributed by atoms with Gasteiger partial charge in [0.05, 0.1) is 11.2 Å². The van der Waals surface area contributed by atoms with Gasteiger partial charge in [-0.25, -0.2) is 13.9 Å². The molecule has 0 aliphatic carbocycles. The fourth-order valence-electron chi connectivity index (χ4n) is 1.32. The number of carboxylic acids is 1. The SMILES string of the molecule is O=C(O)c1cnn(-c2c(F)cccc2Cl)c1I. The lowest BCUT2D eigenvalue weighted by Gasteiger charge is -2.06. The Bertz CT molecular complexity index is 580. The number of carboxylic acid groups (broad SMARTS) is 1. The van der Waals surface area contributed by atoms with Gasteiger partial charge < -0.3 is 5.11 Å². The van der Waals surface area contributed by atoms with Crippen LogP contribution in [0, 0.1) is 9.52 Å². The van der Waals surface area contributed by atoms with Crippen LogP contribution in [-0.4, -0.2) is 20.9 Å². The number of para-hydroxylation sites is 1. The van der Waals surface area contributed by atoms with Gasteiger partial charge in [-0.2, -0.15) is 5.10 Å². The molecule has 2 rings (SSSR count). The second-order valence-corrected chi connectivity index (χ2v) is 4.57. The molecule has 7 heteroatoms. The topological polar surface area (TPSA) is 55.1 Å². The maximum absolute atomic E-state index is 13.6. The van der Waals surface area contributed by atoms with Gasteiger partial charge in [0.1, 0.15) is 20.8 Å².